The Bertz CT molecular complexity index is 445. The SMILES string of the molecule is CCC(C)C(N)C(=O)NCCc1cc(Br)ccc1F.Cl. The smallest absolute Gasteiger partial charge is 0.237 e. The van der Waals surface area contributed by atoms with Crippen molar-refractivity contribution >= 4 is 34.2 Å². The first-order valence-electron chi connectivity index (χ1n) is 6.43. The number of carbonyl (C=O) groups is 1. The predicted molar refractivity (Wildman–Crippen MR) is 85.5 cm³/mol. The maximum absolute atomic E-state index is 13.5. The fraction of sp³-hybridized carbons (Fsp3) is 0.500. The number of benzene rings is 1. The van der Waals surface area contributed by atoms with E-state index >= 15 is 0 Å². The molecular weight excluding hydrogens is 347 g/mol. The van der Waals surface area contributed by atoms with Crippen LogP contribution in [0.5, 0.6) is 0 Å². The van der Waals surface area contributed by atoms with Crippen molar-refractivity contribution in [1.82, 2.24) is 5.32 Å². The number of amides is 1. The van der Waals surface area contributed by atoms with E-state index in [4.69, 9.17) is 5.73 Å². The summed E-state index contributed by atoms with van der Waals surface area (Å²) in [5, 5.41) is 2.75. The molecule has 0 heterocycles. The van der Waals surface area contributed by atoms with E-state index in [0.717, 1.165) is 10.9 Å². The molecule has 6 heteroatoms. The summed E-state index contributed by atoms with van der Waals surface area (Å²) in [5.74, 6) is -0.295. The van der Waals surface area contributed by atoms with Crippen LogP contribution in [0.4, 0.5) is 4.39 Å². The molecule has 1 rings (SSSR count). The van der Waals surface area contributed by atoms with Crippen LogP contribution in [0, 0.1) is 11.7 Å². The van der Waals surface area contributed by atoms with Gasteiger partial charge in [-0.05, 0) is 36.1 Å². The Hall–Kier alpha value is -0.650. The molecule has 0 aliphatic rings. The van der Waals surface area contributed by atoms with Crippen LogP contribution >= 0.6 is 28.3 Å². The highest BCUT2D eigenvalue weighted by Gasteiger charge is 2.18. The molecule has 0 bridgehead atoms. The fourth-order valence-electron chi connectivity index (χ4n) is 1.69. The molecule has 0 radical (unpaired) electrons. The molecule has 0 aliphatic heterocycles. The van der Waals surface area contributed by atoms with Crippen molar-refractivity contribution in [3.05, 3.63) is 34.1 Å². The van der Waals surface area contributed by atoms with Gasteiger partial charge in [-0.1, -0.05) is 36.2 Å². The molecule has 1 aromatic carbocycles. The first-order valence-corrected chi connectivity index (χ1v) is 7.22. The fourth-order valence-corrected chi connectivity index (χ4v) is 2.09. The number of nitrogens with two attached hydrogens (primary N) is 1. The minimum absolute atomic E-state index is 0. The lowest BCUT2D eigenvalue weighted by Crippen LogP contribution is -2.45. The number of rotatable bonds is 6. The summed E-state index contributed by atoms with van der Waals surface area (Å²) in [6.45, 7) is 4.32. The number of nitrogens with one attached hydrogen (secondary N) is 1. The lowest BCUT2D eigenvalue weighted by molar-refractivity contribution is -0.123. The molecule has 114 valence electrons. The molecule has 1 amide bonds. The summed E-state index contributed by atoms with van der Waals surface area (Å²) in [6, 6.07) is 4.27. The predicted octanol–water partition coefficient (Wildman–Crippen LogP) is 3.04. The van der Waals surface area contributed by atoms with Crippen molar-refractivity contribution < 1.29 is 9.18 Å². The number of hydrogen-bond acceptors (Lipinski definition) is 2. The third-order valence-corrected chi connectivity index (χ3v) is 3.75. The van der Waals surface area contributed by atoms with Gasteiger partial charge in [-0.25, -0.2) is 4.39 Å². The van der Waals surface area contributed by atoms with Crippen molar-refractivity contribution in [2.24, 2.45) is 11.7 Å². The molecule has 0 fully saturated rings. The molecule has 20 heavy (non-hydrogen) atoms. The van der Waals surface area contributed by atoms with Crippen molar-refractivity contribution in [2.75, 3.05) is 6.54 Å². The topological polar surface area (TPSA) is 55.1 Å². The van der Waals surface area contributed by atoms with E-state index in [1.54, 1.807) is 12.1 Å². The van der Waals surface area contributed by atoms with Crippen molar-refractivity contribution in [1.29, 1.82) is 0 Å². The molecule has 3 N–H and O–H groups in total. The Balaban J connectivity index is 0.00000361. The molecule has 2 unspecified atom stereocenters. The van der Waals surface area contributed by atoms with E-state index in [-0.39, 0.29) is 30.0 Å². The molecule has 0 spiro atoms. The highest BCUT2D eigenvalue weighted by molar-refractivity contribution is 9.10. The third-order valence-electron chi connectivity index (χ3n) is 3.26. The lowest BCUT2D eigenvalue weighted by Gasteiger charge is -2.17. The minimum Gasteiger partial charge on any atom is -0.354 e. The molecule has 0 saturated heterocycles. The van der Waals surface area contributed by atoms with Gasteiger partial charge in [0.2, 0.25) is 5.91 Å². The molecular formula is C14H21BrClFN2O. The summed E-state index contributed by atoms with van der Waals surface area (Å²) in [6.07, 6.45) is 1.30. The third kappa shape index (κ3) is 5.77. The molecule has 0 aromatic heterocycles. The Morgan fingerprint density at radius 3 is 2.75 bits per heavy atom. The summed E-state index contributed by atoms with van der Waals surface area (Å²) < 4.78 is 14.3. The molecule has 1 aromatic rings. The molecule has 0 aliphatic carbocycles. The van der Waals surface area contributed by atoms with E-state index < -0.39 is 6.04 Å². The second kappa shape index (κ2) is 9.32. The van der Waals surface area contributed by atoms with Gasteiger partial charge in [-0.2, -0.15) is 0 Å². The average Bonchev–Trinajstić information content (AvgIpc) is 2.40. The van der Waals surface area contributed by atoms with Gasteiger partial charge in [0.05, 0.1) is 6.04 Å². The van der Waals surface area contributed by atoms with Crippen molar-refractivity contribution in [3.8, 4) is 0 Å². The summed E-state index contributed by atoms with van der Waals surface area (Å²) in [5.41, 5.74) is 6.39. The number of halogens is 3. The quantitative estimate of drug-likeness (QED) is 0.812. The number of hydrogen-bond donors (Lipinski definition) is 2. The Kier molecular flexibility index (Phi) is 9.01. The second-order valence-electron chi connectivity index (χ2n) is 4.69. The van der Waals surface area contributed by atoms with E-state index in [2.05, 4.69) is 21.2 Å². The Labute approximate surface area is 134 Å². The van der Waals surface area contributed by atoms with E-state index in [0.29, 0.717) is 18.5 Å². The highest BCUT2D eigenvalue weighted by atomic mass is 79.9. The van der Waals surface area contributed by atoms with Gasteiger partial charge in [0.15, 0.2) is 0 Å². The first kappa shape index (κ1) is 19.4. The van der Waals surface area contributed by atoms with Crippen LogP contribution in [0.15, 0.2) is 22.7 Å². The zero-order valence-corrected chi connectivity index (χ0v) is 14.1. The van der Waals surface area contributed by atoms with Crippen LogP contribution in [0.3, 0.4) is 0 Å². The summed E-state index contributed by atoms with van der Waals surface area (Å²) >= 11 is 3.29. The van der Waals surface area contributed by atoms with Crippen molar-refractivity contribution in [2.45, 2.75) is 32.7 Å². The second-order valence-corrected chi connectivity index (χ2v) is 5.60. The largest absolute Gasteiger partial charge is 0.354 e. The minimum atomic E-state index is -0.502. The van der Waals surface area contributed by atoms with Crippen LogP contribution < -0.4 is 11.1 Å². The van der Waals surface area contributed by atoms with E-state index in [9.17, 15) is 9.18 Å². The van der Waals surface area contributed by atoms with Gasteiger partial charge >= 0.3 is 0 Å². The first-order chi connectivity index (χ1) is 8.95. The zero-order valence-electron chi connectivity index (χ0n) is 11.7. The van der Waals surface area contributed by atoms with Gasteiger partial charge < -0.3 is 11.1 Å². The van der Waals surface area contributed by atoms with Crippen LogP contribution in [-0.2, 0) is 11.2 Å². The normalized spacial score (nSPS) is 13.2. The van der Waals surface area contributed by atoms with Gasteiger partial charge in [0.1, 0.15) is 5.82 Å². The standard InChI is InChI=1S/C14H20BrFN2O.ClH/c1-3-9(2)13(17)14(19)18-7-6-10-8-11(15)4-5-12(10)16;/h4-5,8-9,13H,3,6-7,17H2,1-2H3,(H,18,19);1H. The van der Waals surface area contributed by atoms with Gasteiger partial charge in [0, 0.05) is 11.0 Å². The summed E-state index contributed by atoms with van der Waals surface area (Å²) in [4.78, 5) is 11.7. The average molecular weight is 368 g/mol. The molecule has 2 atom stereocenters. The van der Waals surface area contributed by atoms with Crippen LogP contribution in [-0.4, -0.2) is 18.5 Å². The Morgan fingerprint density at radius 2 is 2.15 bits per heavy atom. The Morgan fingerprint density at radius 1 is 1.50 bits per heavy atom. The highest BCUT2D eigenvalue weighted by Crippen LogP contribution is 2.15. The lowest BCUT2D eigenvalue weighted by atomic mass is 9.99. The maximum Gasteiger partial charge on any atom is 0.237 e. The van der Waals surface area contributed by atoms with Crippen LogP contribution in [0.2, 0.25) is 0 Å². The summed E-state index contributed by atoms with van der Waals surface area (Å²) in [7, 11) is 0. The van der Waals surface area contributed by atoms with E-state index in [1.807, 2.05) is 13.8 Å². The monoisotopic (exact) mass is 366 g/mol. The zero-order chi connectivity index (χ0) is 14.4. The van der Waals surface area contributed by atoms with Gasteiger partial charge in [-0.15, -0.1) is 12.4 Å². The molecule has 0 saturated carbocycles. The van der Waals surface area contributed by atoms with Crippen LogP contribution in [0.1, 0.15) is 25.8 Å². The van der Waals surface area contributed by atoms with Gasteiger partial charge in [-0.3, -0.25) is 4.79 Å². The van der Waals surface area contributed by atoms with Gasteiger partial charge in [0.25, 0.3) is 0 Å². The maximum atomic E-state index is 13.5. The van der Waals surface area contributed by atoms with E-state index in [1.165, 1.54) is 6.07 Å². The van der Waals surface area contributed by atoms with Crippen molar-refractivity contribution in [3.63, 3.8) is 0 Å². The molecule has 3 nitrogen and oxygen atoms in total. The number of carbonyl (C=O) groups excluding carboxylic acids is 1. The van der Waals surface area contributed by atoms with Crippen LogP contribution in [0.25, 0.3) is 0 Å².